The second-order valence-corrected chi connectivity index (χ2v) is 4.61. The number of aromatic nitrogens is 1. The van der Waals surface area contributed by atoms with Crippen molar-refractivity contribution < 1.29 is 0 Å². The predicted octanol–water partition coefficient (Wildman–Crippen LogP) is 2.88. The van der Waals surface area contributed by atoms with Gasteiger partial charge in [0.1, 0.15) is 5.82 Å². The summed E-state index contributed by atoms with van der Waals surface area (Å²) in [6, 6.07) is 4.23. The van der Waals surface area contributed by atoms with Crippen LogP contribution in [0.2, 0.25) is 0 Å². The van der Waals surface area contributed by atoms with Crippen molar-refractivity contribution in [1.29, 1.82) is 0 Å². The highest BCUT2D eigenvalue weighted by Crippen LogP contribution is 2.20. The van der Waals surface area contributed by atoms with E-state index >= 15 is 0 Å². The Morgan fingerprint density at radius 1 is 1.36 bits per heavy atom. The standard InChI is InChI=1S/C12H20N2/c1-6-10-7-8-13-11(9-10)14(5)12(2,3)4/h7-9H,6H2,1-5H3. The summed E-state index contributed by atoms with van der Waals surface area (Å²) < 4.78 is 0. The molecule has 0 fully saturated rings. The Bertz CT molecular complexity index is 299. The maximum Gasteiger partial charge on any atom is 0.128 e. The van der Waals surface area contributed by atoms with E-state index in [-0.39, 0.29) is 5.54 Å². The fourth-order valence-corrected chi connectivity index (χ4v) is 1.21. The number of anilines is 1. The Kier molecular flexibility index (Phi) is 3.14. The lowest BCUT2D eigenvalue weighted by Gasteiger charge is -2.33. The third-order valence-electron chi connectivity index (χ3n) is 2.57. The lowest BCUT2D eigenvalue weighted by molar-refractivity contribution is 0.533. The predicted molar refractivity (Wildman–Crippen MR) is 61.8 cm³/mol. The molecule has 1 heterocycles. The zero-order chi connectivity index (χ0) is 10.8. The monoisotopic (exact) mass is 192 g/mol. The van der Waals surface area contributed by atoms with Gasteiger partial charge in [0.25, 0.3) is 0 Å². The fourth-order valence-electron chi connectivity index (χ4n) is 1.21. The summed E-state index contributed by atoms with van der Waals surface area (Å²) in [6.07, 6.45) is 2.95. The Labute approximate surface area is 87.0 Å². The topological polar surface area (TPSA) is 16.1 Å². The van der Waals surface area contributed by atoms with Crippen LogP contribution in [0.15, 0.2) is 18.3 Å². The summed E-state index contributed by atoms with van der Waals surface area (Å²) >= 11 is 0. The average molecular weight is 192 g/mol. The van der Waals surface area contributed by atoms with Gasteiger partial charge in [-0.05, 0) is 44.9 Å². The molecule has 2 nitrogen and oxygen atoms in total. The molecule has 0 bridgehead atoms. The van der Waals surface area contributed by atoms with Crippen molar-refractivity contribution in [3.63, 3.8) is 0 Å². The van der Waals surface area contributed by atoms with Crippen LogP contribution >= 0.6 is 0 Å². The minimum absolute atomic E-state index is 0.124. The minimum Gasteiger partial charge on any atom is -0.355 e. The van der Waals surface area contributed by atoms with E-state index in [1.807, 2.05) is 6.20 Å². The molecule has 1 aromatic rings. The molecule has 0 saturated heterocycles. The molecular weight excluding hydrogens is 172 g/mol. The first kappa shape index (κ1) is 11.0. The van der Waals surface area contributed by atoms with Gasteiger partial charge in [0, 0.05) is 18.8 Å². The maximum atomic E-state index is 4.38. The van der Waals surface area contributed by atoms with Gasteiger partial charge in [0.2, 0.25) is 0 Å². The molecule has 2 heteroatoms. The number of nitrogens with zero attached hydrogens (tertiary/aromatic N) is 2. The van der Waals surface area contributed by atoms with Crippen LogP contribution in [0.5, 0.6) is 0 Å². The smallest absolute Gasteiger partial charge is 0.128 e. The molecule has 0 atom stereocenters. The summed E-state index contributed by atoms with van der Waals surface area (Å²) in [5.74, 6) is 1.05. The van der Waals surface area contributed by atoms with E-state index in [4.69, 9.17) is 0 Å². The number of aryl methyl sites for hydroxylation is 1. The average Bonchev–Trinajstić information content (AvgIpc) is 2.15. The molecule has 0 aliphatic carbocycles. The SMILES string of the molecule is CCc1ccnc(N(C)C(C)(C)C)c1. The number of hydrogen-bond donors (Lipinski definition) is 0. The fraction of sp³-hybridized carbons (Fsp3) is 0.583. The number of rotatable bonds is 2. The summed E-state index contributed by atoms with van der Waals surface area (Å²) in [6.45, 7) is 8.73. The Morgan fingerprint density at radius 3 is 2.50 bits per heavy atom. The lowest BCUT2D eigenvalue weighted by atomic mass is 10.1. The van der Waals surface area contributed by atoms with E-state index in [0.29, 0.717) is 0 Å². The molecule has 0 radical (unpaired) electrons. The van der Waals surface area contributed by atoms with Crippen molar-refractivity contribution >= 4 is 5.82 Å². The van der Waals surface area contributed by atoms with Gasteiger partial charge in [0.15, 0.2) is 0 Å². The van der Waals surface area contributed by atoms with Gasteiger partial charge < -0.3 is 4.90 Å². The van der Waals surface area contributed by atoms with Crippen LogP contribution in [-0.2, 0) is 6.42 Å². The van der Waals surface area contributed by atoms with Gasteiger partial charge in [-0.25, -0.2) is 4.98 Å². The third kappa shape index (κ3) is 2.47. The highest BCUT2D eigenvalue weighted by atomic mass is 15.2. The minimum atomic E-state index is 0.124. The van der Waals surface area contributed by atoms with Crippen LogP contribution in [0.1, 0.15) is 33.3 Å². The molecular formula is C12H20N2. The summed E-state index contributed by atoms with van der Waals surface area (Å²) in [4.78, 5) is 6.58. The van der Waals surface area contributed by atoms with Crippen LogP contribution in [0.25, 0.3) is 0 Å². The summed E-state index contributed by atoms with van der Waals surface area (Å²) in [5.41, 5.74) is 1.46. The van der Waals surface area contributed by atoms with E-state index in [0.717, 1.165) is 12.2 Å². The molecule has 0 aliphatic rings. The first-order valence-electron chi connectivity index (χ1n) is 5.14. The molecule has 1 aromatic heterocycles. The highest BCUT2D eigenvalue weighted by molar-refractivity contribution is 5.42. The van der Waals surface area contributed by atoms with Crippen molar-refractivity contribution in [3.05, 3.63) is 23.9 Å². The maximum absolute atomic E-state index is 4.38. The Balaban J connectivity index is 2.95. The summed E-state index contributed by atoms with van der Waals surface area (Å²) in [7, 11) is 2.09. The molecule has 0 aliphatic heterocycles. The Morgan fingerprint density at radius 2 is 2.00 bits per heavy atom. The molecule has 78 valence electrons. The second-order valence-electron chi connectivity index (χ2n) is 4.61. The molecule has 0 spiro atoms. The van der Waals surface area contributed by atoms with Gasteiger partial charge >= 0.3 is 0 Å². The molecule has 0 amide bonds. The molecule has 0 N–H and O–H groups in total. The summed E-state index contributed by atoms with van der Waals surface area (Å²) in [5, 5.41) is 0. The van der Waals surface area contributed by atoms with Crippen molar-refractivity contribution in [1.82, 2.24) is 4.98 Å². The van der Waals surface area contributed by atoms with Gasteiger partial charge in [-0.2, -0.15) is 0 Å². The van der Waals surface area contributed by atoms with Crippen LogP contribution in [0, 0.1) is 0 Å². The molecule has 0 saturated carbocycles. The number of hydrogen-bond acceptors (Lipinski definition) is 2. The van der Waals surface area contributed by atoms with E-state index in [1.165, 1.54) is 5.56 Å². The second kappa shape index (κ2) is 3.99. The van der Waals surface area contributed by atoms with Gasteiger partial charge in [0.05, 0.1) is 0 Å². The largest absolute Gasteiger partial charge is 0.355 e. The van der Waals surface area contributed by atoms with Gasteiger partial charge in [-0.1, -0.05) is 6.92 Å². The molecule has 0 unspecified atom stereocenters. The van der Waals surface area contributed by atoms with Crippen LogP contribution in [0.4, 0.5) is 5.82 Å². The number of pyridine rings is 1. The lowest BCUT2D eigenvalue weighted by Crippen LogP contribution is -2.38. The van der Waals surface area contributed by atoms with Gasteiger partial charge in [-0.15, -0.1) is 0 Å². The van der Waals surface area contributed by atoms with E-state index in [9.17, 15) is 0 Å². The first-order chi connectivity index (χ1) is 6.45. The zero-order valence-electron chi connectivity index (χ0n) is 9.83. The normalized spacial score (nSPS) is 11.5. The first-order valence-corrected chi connectivity index (χ1v) is 5.14. The zero-order valence-corrected chi connectivity index (χ0v) is 9.83. The Hall–Kier alpha value is -1.05. The van der Waals surface area contributed by atoms with Crippen LogP contribution in [-0.4, -0.2) is 17.6 Å². The van der Waals surface area contributed by atoms with E-state index in [2.05, 4.69) is 56.8 Å². The molecule has 1 rings (SSSR count). The van der Waals surface area contributed by atoms with Gasteiger partial charge in [-0.3, -0.25) is 0 Å². The molecule has 14 heavy (non-hydrogen) atoms. The molecule has 0 aromatic carbocycles. The highest BCUT2D eigenvalue weighted by Gasteiger charge is 2.18. The third-order valence-corrected chi connectivity index (χ3v) is 2.57. The van der Waals surface area contributed by atoms with E-state index < -0.39 is 0 Å². The van der Waals surface area contributed by atoms with Crippen molar-refractivity contribution in [2.24, 2.45) is 0 Å². The van der Waals surface area contributed by atoms with Crippen molar-refractivity contribution in [3.8, 4) is 0 Å². The van der Waals surface area contributed by atoms with Crippen molar-refractivity contribution in [2.75, 3.05) is 11.9 Å². The van der Waals surface area contributed by atoms with Crippen LogP contribution in [0.3, 0.4) is 0 Å². The van der Waals surface area contributed by atoms with Crippen LogP contribution < -0.4 is 4.90 Å². The van der Waals surface area contributed by atoms with Crippen molar-refractivity contribution in [2.45, 2.75) is 39.7 Å². The van der Waals surface area contributed by atoms with E-state index in [1.54, 1.807) is 0 Å². The quantitative estimate of drug-likeness (QED) is 0.716.